The molecule has 4 nitrogen and oxygen atoms in total. The van der Waals surface area contributed by atoms with Gasteiger partial charge in [-0.05, 0) is 25.1 Å². The van der Waals surface area contributed by atoms with E-state index in [2.05, 4.69) is 5.32 Å². The number of nitrogens with zero attached hydrogens (tertiary/aromatic N) is 1. The Morgan fingerprint density at radius 2 is 2.36 bits per heavy atom. The monoisotopic (exact) mass is 188 g/mol. The van der Waals surface area contributed by atoms with E-state index in [0.717, 1.165) is 0 Å². The molecule has 0 fully saturated rings. The van der Waals surface area contributed by atoms with E-state index in [0.29, 0.717) is 17.0 Å². The Morgan fingerprint density at radius 1 is 1.57 bits per heavy atom. The minimum absolute atomic E-state index is 0.187. The second-order valence-electron chi connectivity index (χ2n) is 3.07. The van der Waals surface area contributed by atoms with Crippen LogP contribution in [-0.2, 0) is 4.79 Å². The van der Waals surface area contributed by atoms with Crippen molar-refractivity contribution in [3.05, 3.63) is 23.8 Å². The molecule has 0 spiro atoms. The Bertz CT molecular complexity index is 434. The Balaban J connectivity index is 2.44. The summed E-state index contributed by atoms with van der Waals surface area (Å²) in [5.41, 5.74) is 1.06. The largest absolute Gasteiger partial charge is 0.479 e. The first-order chi connectivity index (χ1) is 6.70. The first-order valence-electron chi connectivity index (χ1n) is 4.22. The normalized spacial score (nSPS) is 18.9. The average molecular weight is 188 g/mol. The zero-order valence-corrected chi connectivity index (χ0v) is 7.57. The lowest BCUT2D eigenvalue weighted by Gasteiger charge is -2.23. The molecule has 1 heterocycles. The molecule has 1 atom stereocenters. The van der Waals surface area contributed by atoms with Crippen molar-refractivity contribution in [2.45, 2.75) is 13.0 Å². The van der Waals surface area contributed by atoms with Crippen molar-refractivity contribution >= 4 is 11.6 Å². The first kappa shape index (κ1) is 8.57. The number of amides is 1. The third-order valence-electron chi connectivity index (χ3n) is 2.04. The SMILES string of the molecule is C[C@@H]1Oc2ccc(C#N)cc2NC1=O. The molecule has 4 heteroatoms. The van der Waals surface area contributed by atoms with Gasteiger partial charge in [0.25, 0.3) is 5.91 Å². The second-order valence-corrected chi connectivity index (χ2v) is 3.07. The zero-order chi connectivity index (χ0) is 10.1. The molecule has 0 saturated heterocycles. The summed E-state index contributed by atoms with van der Waals surface area (Å²) in [6, 6.07) is 6.93. The van der Waals surface area contributed by atoms with Crippen LogP contribution in [0.25, 0.3) is 0 Å². The maximum atomic E-state index is 11.2. The number of benzene rings is 1. The molecular weight excluding hydrogens is 180 g/mol. The quantitative estimate of drug-likeness (QED) is 0.667. The molecule has 0 unspecified atom stereocenters. The van der Waals surface area contributed by atoms with Crippen molar-refractivity contribution in [1.82, 2.24) is 0 Å². The van der Waals surface area contributed by atoms with Gasteiger partial charge in [0.15, 0.2) is 6.10 Å². The maximum absolute atomic E-state index is 11.2. The summed E-state index contributed by atoms with van der Waals surface area (Å²) >= 11 is 0. The molecule has 1 N–H and O–H groups in total. The Hall–Kier alpha value is -2.02. The van der Waals surface area contributed by atoms with Crippen molar-refractivity contribution in [3.63, 3.8) is 0 Å². The van der Waals surface area contributed by atoms with Crippen LogP contribution in [0.15, 0.2) is 18.2 Å². The number of fused-ring (bicyclic) bond motifs is 1. The molecule has 1 aromatic rings. The van der Waals surface area contributed by atoms with Gasteiger partial charge in [-0.2, -0.15) is 5.26 Å². The Kier molecular flexibility index (Phi) is 1.86. The summed E-state index contributed by atoms with van der Waals surface area (Å²) in [6.45, 7) is 1.68. The van der Waals surface area contributed by atoms with Gasteiger partial charge >= 0.3 is 0 Å². The van der Waals surface area contributed by atoms with E-state index in [-0.39, 0.29) is 5.91 Å². The lowest BCUT2D eigenvalue weighted by atomic mass is 10.1. The van der Waals surface area contributed by atoms with Crippen LogP contribution in [0.1, 0.15) is 12.5 Å². The summed E-state index contributed by atoms with van der Waals surface area (Å²) in [5.74, 6) is 0.420. The lowest BCUT2D eigenvalue weighted by molar-refractivity contribution is -0.122. The highest BCUT2D eigenvalue weighted by molar-refractivity contribution is 5.97. The molecule has 0 aromatic heterocycles. The van der Waals surface area contributed by atoms with Gasteiger partial charge in [0.1, 0.15) is 5.75 Å². The summed E-state index contributed by atoms with van der Waals surface area (Å²) < 4.78 is 5.32. The van der Waals surface area contributed by atoms with Gasteiger partial charge in [0.05, 0.1) is 17.3 Å². The molecule has 0 aliphatic carbocycles. The Labute approximate surface area is 81.1 Å². The molecule has 14 heavy (non-hydrogen) atoms. The fourth-order valence-corrected chi connectivity index (χ4v) is 1.28. The van der Waals surface area contributed by atoms with Gasteiger partial charge in [-0.3, -0.25) is 4.79 Å². The third-order valence-corrected chi connectivity index (χ3v) is 2.04. The first-order valence-corrected chi connectivity index (χ1v) is 4.22. The van der Waals surface area contributed by atoms with E-state index in [1.165, 1.54) is 0 Å². The number of carbonyl (C=O) groups is 1. The molecule has 0 saturated carbocycles. The van der Waals surface area contributed by atoms with Crippen LogP contribution < -0.4 is 10.1 Å². The Morgan fingerprint density at radius 3 is 3.07 bits per heavy atom. The summed E-state index contributed by atoms with van der Waals surface area (Å²) in [6.07, 6.45) is -0.476. The van der Waals surface area contributed by atoms with Crippen molar-refractivity contribution in [1.29, 1.82) is 5.26 Å². The standard InChI is InChI=1S/C10H8N2O2/c1-6-10(13)12-8-4-7(5-11)2-3-9(8)14-6/h2-4,6H,1H3,(H,12,13)/t6-/m0/s1. The van der Waals surface area contributed by atoms with Crippen molar-refractivity contribution < 1.29 is 9.53 Å². The topological polar surface area (TPSA) is 62.1 Å². The highest BCUT2D eigenvalue weighted by atomic mass is 16.5. The van der Waals surface area contributed by atoms with E-state index >= 15 is 0 Å². The highest BCUT2D eigenvalue weighted by Crippen LogP contribution is 2.29. The predicted octanol–water partition coefficient (Wildman–Crippen LogP) is 1.28. The van der Waals surface area contributed by atoms with E-state index in [1.54, 1.807) is 25.1 Å². The smallest absolute Gasteiger partial charge is 0.265 e. The number of hydrogen-bond donors (Lipinski definition) is 1. The molecule has 1 aliphatic rings. The molecule has 1 aromatic carbocycles. The van der Waals surface area contributed by atoms with E-state index in [1.807, 2.05) is 6.07 Å². The van der Waals surface area contributed by atoms with E-state index in [4.69, 9.17) is 10.00 Å². The number of nitriles is 1. The maximum Gasteiger partial charge on any atom is 0.265 e. The molecule has 1 aliphatic heterocycles. The van der Waals surface area contributed by atoms with Crippen LogP contribution in [-0.4, -0.2) is 12.0 Å². The van der Waals surface area contributed by atoms with Crippen molar-refractivity contribution in [3.8, 4) is 11.8 Å². The molecule has 0 radical (unpaired) electrons. The minimum atomic E-state index is -0.476. The molecule has 70 valence electrons. The van der Waals surface area contributed by atoms with Crippen LogP contribution in [0.3, 0.4) is 0 Å². The van der Waals surface area contributed by atoms with Crippen molar-refractivity contribution in [2.24, 2.45) is 0 Å². The molecule has 1 amide bonds. The van der Waals surface area contributed by atoms with E-state index < -0.39 is 6.10 Å². The van der Waals surface area contributed by atoms with Crippen LogP contribution in [0.4, 0.5) is 5.69 Å². The third kappa shape index (κ3) is 1.29. The van der Waals surface area contributed by atoms with Crippen LogP contribution in [0.5, 0.6) is 5.75 Å². The van der Waals surface area contributed by atoms with Gasteiger partial charge < -0.3 is 10.1 Å². The van der Waals surface area contributed by atoms with E-state index in [9.17, 15) is 4.79 Å². The van der Waals surface area contributed by atoms with Gasteiger partial charge in [-0.1, -0.05) is 0 Å². The fraction of sp³-hybridized carbons (Fsp3) is 0.200. The fourth-order valence-electron chi connectivity index (χ4n) is 1.28. The molecule has 2 rings (SSSR count). The number of ether oxygens (including phenoxy) is 1. The second kappa shape index (κ2) is 3.04. The van der Waals surface area contributed by atoms with Crippen LogP contribution in [0.2, 0.25) is 0 Å². The predicted molar refractivity (Wildman–Crippen MR) is 49.9 cm³/mol. The van der Waals surface area contributed by atoms with Gasteiger partial charge in [-0.25, -0.2) is 0 Å². The molecule has 0 bridgehead atoms. The highest BCUT2D eigenvalue weighted by Gasteiger charge is 2.23. The van der Waals surface area contributed by atoms with Gasteiger partial charge in [0, 0.05) is 0 Å². The number of nitrogens with one attached hydrogen (secondary N) is 1. The zero-order valence-electron chi connectivity index (χ0n) is 7.57. The van der Waals surface area contributed by atoms with Crippen molar-refractivity contribution in [2.75, 3.05) is 5.32 Å². The summed E-state index contributed by atoms with van der Waals surface area (Å²) in [5, 5.41) is 11.3. The van der Waals surface area contributed by atoms with Gasteiger partial charge in [0.2, 0.25) is 0 Å². The summed E-state index contributed by atoms with van der Waals surface area (Å²) in [7, 11) is 0. The molecular formula is C10H8N2O2. The average Bonchev–Trinajstić information content (AvgIpc) is 2.19. The van der Waals surface area contributed by atoms with Crippen LogP contribution >= 0.6 is 0 Å². The number of anilines is 1. The lowest BCUT2D eigenvalue weighted by Crippen LogP contribution is -2.34. The van der Waals surface area contributed by atoms with Gasteiger partial charge in [-0.15, -0.1) is 0 Å². The number of hydrogen-bond acceptors (Lipinski definition) is 3. The number of carbonyl (C=O) groups excluding carboxylic acids is 1. The number of rotatable bonds is 0. The van der Waals surface area contributed by atoms with Crippen LogP contribution in [0, 0.1) is 11.3 Å². The minimum Gasteiger partial charge on any atom is -0.479 e. The summed E-state index contributed by atoms with van der Waals surface area (Å²) in [4.78, 5) is 11.2.